The fourth-order valence-corrected chi connectivity index (χ4v) is 12.7. The van der Waals surface area contributed by atoms with Crippen molar-refractivity contribution < 1.29 is 38.5 Å². The molecule has 20 nitrogen and oxygen atoms in total. The van der Waals surface area contributed by atoms with E-state index in [1.807, 2.05) is 64.2 Å². The number of nitrogens with zero attached hydrogens (tertiary/aromatic N) is 10. The molecule has 2 amide bonds. The monoisotopic (exact) mass is 1080 g/mol. The van der Waals surface area contributed by atoms with E-state index in [4.69, 9.17) is 24.5 Å². The zero-order chi connectivity index (χ0) is 54.0. The number of pyridine rings is 2. The number of hydrogen-bond acceptors (Lipinski definition) is 19. The Hall–Kier alpha value is -6.94. The molecule has 0 spiro atoms. The molecule has 6 aromatic rings. The van der Waals surface area contributed by atoms with Crippen LogP contribution in [-0.4, -0.2) is 151 Å². The third kappa shape index (κ3) is 11.6. The number of anilines is 3. The van der Waals surface area contributed by atoms with Crippen LogP contribution in [0.1, 0.15) is 101 Å². The smallest absolute Gasteiger partial charge is 0.254 e. The summed E-state index contributed by atoms with van der Waals surface area (Å²) in [6.07, 6.45) is 9.99. The highest BCUT2D eigenvalue weighted by molar-refractivity contribution is 7.13. The zero-order valence-electron chi connectivity index (χ0n) is 44.7. The number of thiazole rings is 1. The molecule has 412 valence electrons. The highest BCUT2D eigenvalue weighted by Gasteiger charge is 2.44. The average Bonchev–Trinajstić information content (AvgIpc) is 4.21. The third-order valence-corrected chi connectivity index (χ3v) is 17.2. The Bertz CT molecular complexity index is 3040. The van der Waals surface area contributed by atoms with Gasteiger partial charge in [0, 0.05) is 106 Å². The number of fused-ring (bicyclic) bond motifs is 4. The molecular formula is C57H70N12O8S. The summed E-state index contributed by atoms with van der Waals surface area (Å²) in [4.78, 5) is 51.2. The quantitative estimate of drug-likeness (QED) is 0.0681. The van der Waals surface area contributed by atoms with Gasteiger partial charge in [-0.05, 0) is 92.9 Å². The lowest BCUT2D eigenvalue weighted by Crippen LogP contribution is -2.57. The zero-order valence-corrected chi connectivity index (χ0v) is 45.5. The maximum Gasteiger partial charge on any atom is 0.254 e. The fourth-order valence-electron chi connectivity index (χ4n) is 11.9. The van der Waals surface area contributed by atoms with Crippen LogP contribution in [0.2, 0.25) is 0 Å². The number of carbonyl (C=O) groups excluding carboxylic acids is 2. The molecule has 21 heteroatoms. The second-order valence-corrected chi connectivity index (χ2v) is 22.8. The molecule has 2 bridgehead atoms. The van der Waals surface area contributed by atoms with Crippen molar-refractivity contribution in [3.63, 3.8) is 0 Å². The van der Waals surface area contributed by atoms with Crippen molar-refractivity contribution in [3.05, 3.63) is 95.6 Å². The maximum absolute atomic E-state index is 14.2. The van der Waals surface area contributed by atoms with E-state index in [9.17, 15) is 19.8 Å². The number of aliphatic hydroxyl groups excluding tert-OH is 1. The number of aromatic hydroxyl groups is 1. The minimum absolute atomic E-state index is 0.0405. The number of amides is 2. The van der Waals surface area contributed by atoms with E-state index >= 15 is 0 Å². The Kier molecular flexibility index (Phi) is 15.8. The van der Waals surface area contributed by atoms with Gasteiger partial charge in [-0.3, -0.25) is 19.5 Å². The molecule has 10 heterocycles. The third-order valence-electron chi connectivity index (χ3n) is 16.3. The minimum atomic E-state index is -0.850. The lowest BCUT2D eigenvalue weighted by molar-refractivity contribution is -0.141. The standard InChI is InChI=1S/C57H70N12O8S/c1-33(2)53(57(73)69-31-40(70)23-48(69)56(72)62-34(3)36-12-13-45(60-28-36)54-35(4)61-32-78-54)50-27-52(65-77-50)74-21-20-66-18-15-41(16-19-66)75-42-24-43(25-42)76-51-22-37(14-17-59-51)67-29-39-9-7-8-38(67)30-68(39)47-26-46(63-64-55(47)58)44-10-5-6-11-49(44)71/h5-6,10-14,17,22,26-28,32-34,38-43,48,53,70-71H,7-9,15-16,18-21,23-25,29-31H2,1-4H3,(H2,58,64)(H,62,72)/t34-,38?,39?,40-,42-,43-,48+,53?/m0/s1. The van der Waals surface area contributed by atoms with Gasteiger partial charge in [-0.2, -0.15) is 0 Å². The number of phenols is 1. The van der Waals surface area contributed by atoms with E-state index in [0.717, 1.165) is 104 Å². The molecule has 5 aromatic heterocycles. The number of likely N-dealkylation sites (tertiary alicyclic amines) is 2. The topological polar surface area (TPSA) is 244 Å². The first kappa shape index (κ1) is 53.1. The number of carbonyl (C=O) groups is 2. The summed E-state index contributed by atoms with van der Waals surface area (Å²) >= 11 is 1.53. The number of nitrogen functional groups attached to an aromatic ring is 1. The van der Waals surface area contributed by atoms with E-state index in [1.165, 1.54) is 16.2 Å². The van der Waals surface area contributed by atoms with Crippen LogP contribution >= 0.6 is 11.3 Å². The molecule has 78 heavy (non-hydrogen) atoms. The van der Waals surface area contributed by atoms with Gasteiger partial charge in [0.2, 0.25) is 17.7 Å². The van der Waals surface area contributed by atoms with Crippen LogP contribution < -0.4 is 30.3 Å². The number of para-hydroxylation sites is 1. The van der Waals surface area contributed by atoms with Crippen LogP contribution in [0.4, 0.5) is 17.2 Å². The number of piperidine rings is 1. The summed E-state index contributed by atoms with van der Waals surface area (Å²) in [6, 6.07) is 18.1. The molecule has 5 N–H and O–H groups in total. The van der Waals surface area contributed by atoms with E-state index in [2.05, 4.69) is 62.5 Å². The number of aliphatic hydroxyl groups is 1. The molecule has 6 fully saturated rings. The van der Waals surface area contributed by atoms with Gasteiger partial charge in [0.15, 0.2) is 11.6 Å². The molecule has 5 aliphatic heterocycles. The number of nitrogens with one attached hydrogen (secondary N) is 1. The first-order valence-corrected chi connectivity index (χ1v) is 28.4. The van der Waals surface area contributed by atoms with E-state index in [1.54, 1.807) is 29.9 Å². The number of aryl methyl sites for hydroxylation is 1. The highest BCUT2D eigenvalue weighted by Crippen LogP contribution is 2.40. The van der Waals surface area contributed by atoms with Crippen LogP contribution in [0, 0.1) is 12.8 Å². The summed E-state index contributed by atoms with van der Waals surface area (Å²) < 4.78 is 24.8. The Labute approximate surface area is 458 Å². The largest absolute Gasteiger partial charge is 0.507 e. The Morgan fingerprint density at radius 1 is 0.872 bits per heavy atom. The summed E-state index contributed by atoms with van der Waals surface area (Å²) in [7, 11) is 0. The van der Waals surface area contributed by atoms with Crippen LogP contribution in [0.3, 0.4) is 0 Å². The lowest BCUT2D eigenvalue weighted by atomic mass is 9.91. The minimum Gasteiger partial charge on any atom is -0.507 e. The normalized spacial score (nSPS) is 23.5. The van der Waals surface area contributed by atoms with Gasteiger partial charge in [0.1, 0.15) is 30.4 Å². The summed E-state index contributed by atoms with van der Waals surface area (Å²) in [5.41, 5.74) is 14.0. The van der Waals surface area contributed by atoms with E-state index < -0.39 is 18.1 Å². The van der Waals surface area contributed by atoms with Gasteiger partial charge >= 0.3 is 0 Å². The van der Waals surface area contributed by atoms with Gasteiger partial charge in [0.05, 0.1) is 57.5 Å². The molecule has 0 radical (unpaired) electrons. The molecule has 5 saturated heterocycles. The van der Waals surface area contributed by atoms with Gasteiger partial charge in [-0.25, -0.2) is 9.97 Å². The summed E-state index contributed by atoms with van der Waals surface area (Å²) in [5.74, 6) is 0.277. The predicted molar refractivity (Wildman–Crippen MR) is 294 cm³/mol. The van der Waals surface area contributed by atoms with Crippen LogP contribution in [0.15, 0.2) is 83.1 Å². The van der Waals surface area contributed by atoms with Crippen LogP contribution in [-0.2, 0) is 14.3 Å². The van der Waals surface area contributed by atoms with Crippen molar-refractivity contribution >= 4 is 40.3 Å². The number of rotatable bonds is 18. The second kappa shape index (κ2) is 23.2. The second-order valence-electron chi connectivity index (χ2n) is 21.9. The van der Waals surface area contributed by atoms with Gasteiger partial charge in [0.25, 0.3) is 5.88 Å². The molecule has 12 rings (SSSR count). The van der Waals surface area contributed by atoms with Crippen LogP contribution in [0.5, 0.6) is 17.5 Å². The van der Waals surface area contributed by atoms with E-state index in [-0.39, 0.29) is 72.9 Å². The number of piperazine rings is 1. The van der Waals surface area contributed by atoms with Crippen molar-refractivity contribution in [1.82, 2.24) is 45.4 Å². The van der Waals surface area contributed by atoms with E-state index in [0.29, 0.717) is 47.7 Å². The highest BCUT2D eigenvalue weighted by atomic mass is 32.1. The van der Waals surface area contributed by atoms with Crippen molar-refractivity contribution in [2.24, 2.45) is 5.92 Å². The molecule has 1 aromatic carbocycles. The number of aromatic nitrogens is 6. The number of nitrogens with two attached hydrogens (primary N) is 1. The van der Waals surface area contributed by atoms with Crippen molar-refractivity contribution in [2.45, 2.75) is 134 Å². The summed E-state index contributed by atoms with van der Waals surface area (Å²) in [5, 5.41) is 37.1. The number of β-amino-alcohol motifs (C(OH)–C–C–N with tert-alkyl or cyclic N) is 1. The average molecular weight is 1080 g/mol. The predicted octanol–water partition coefficient (Wildman–Crippen LogP) is 6.94. The Balaban J connectivity index is 0.605. The molecular weight excluding hydrogens is 1010 g/mol. The molecule has 3 unspecified atom stereocenters. The van der Waals surface area contributed by atoms with Crippen molar-refractivity contribution in [1.29, 1.82) is 0 Å². The number of hydrogen-bond donors (Lipinski definition) is 4. The number of ether oxygens (including phenoxy) is 3. The molecule has 6 atom stereocenters. The van der Waals surface area contributed by atoms with Gasteiger partial charge in [-0.15, -0.1) is 21.5 Å². The Morgan fingerprint density at radius 3 is 2.42 bits per heavy atom. The fraction of sp³-hybridized carbons (Fsp3) is 0.509. The number of benzene rings is 1. The van der Waals surface area contributed by atoms with Crippen molar-refractivity contribution in [2.75, 3.05) is 61.4 Å². The van der Waals surface area contributed by atoms with Gasteiger partial charge in [-0.1, -0.05) is 32.0 Å². The SMILES string of the molecule is Cc1ncsc1-c1ccc([C@H](C)NC(=O)[C@H]2C[C@H](O)CN2C(=O)C(c2cc(OCCN3CCC(O[C@H]4C[C@H](Oc5cc(N6CC7CCCC6CN7c6cc(-c7ccccc7O)nnc6N)ccn5)C4)CC3)no2)C(C)C)cn1. The van der Waals surface area contributed by atoms with Crippen molar-refractivity contribution in [3.8, 4) is 39.3 Å². The number of phenolic OH excluding ortho intramolecular Hbond substituents is 1. The molecule has 1 saturated carbocycles. The first-order valence-electron chi connectivity index (χ1n) is 27.5. The molecule has 6 aliphatic rings. The summed E-state index contributed by atoms with van der Waals surface area (Å²) in [6.45, 7) is 12.2. The molecule has 1 aliphatic carbocycles. The Morgan fingerprint density at radius 2 is 1.67 bits per heavy atom. The van der Waals surface area contributed by atoms with Gasteiger partial charge < -0.3 is 54.7 Å². The maximum atomic E-state index is 14.2. The first-order chi connectivity index (χ1) is 37.8. The lowest BCUT2D eigenvalue weighted by Gasteiger charge is -2.46. The van der Waals surface area contributed by atoms with Crippen LogP contribution in [0.25, 0.3) is 21.8 Å².